The van der Waals surface area contributed by atoms with Gasteiger partial charge in [-0.2, -0.15) is 5.10 Å². The van der Waals surface area contributed by atoms with E-state index in [1.807, 2.05) is 36.0 Å². The predicted molar refractivity (Wildman–Crippen MR) is 90.7 cm³/mol. The Morgan fingerprint density at radius 1 is 1.42 bits per heavy atom. The van der Waals surface area contributed by atoms with Gasteiger partial charge in [0, 0.05) is 49.7 Å². The summed E-state index contributed by atoms with van der Waals surface area (Å²) in [7, 11) is 1.87. The number of aryl methyl sites for hydroxylation is 1. The van der Waals surface area contributed by atoms with Crippen molar-refractivity contribution in [3.05, 3.63) is 42.2 Å². The molecule has 0 aromatic carbocycles. The molecule has 24 heavy (non-hydrogen) atoms. The van der Waals surface area contributed by atoms with Crippen molar-refractivity contribution in [2.45, 2.75) is 18.9 Å². The van der Waals surface area contributed by atoms with Crippen LogP contribution in [0.15, 0.2) is 36.5 Å². The zero-order valence-corrected chi connectivity index (χ0v) is 14.2. The summed E-state index contributed by atoms with van der Waals surface area (Å²) < 4.78 is 3.82. The lowest BCUT2D eigenvalue weighted by Crippen LogP contribution is -2.40. The van der Waals surface area contributed by atoms with Crippen molar-refractivity contribution in [3.8, 4) is 10.6 Å². The average molecular weight is 342 g/mol. The minimum Gasteiger partial charge on any atom is -0.335 e. The van der Waals surface area contributed by atoms with Crippen LogP contribution in [0, 0.1) is 0 Å². The summed E-state index contributed by atoms with van der Waals surface area (Å²) in [5.74, 6) is 0.00575. The van der Waals surface area contributed by atoms with E-state index in [-0.39, 0.29) is 5.91 Å². The van der Waals surface area contributed by atoms with Gasteiger partial charge in [-0.1, -0.05) is 0 Å². The van der Waals surface area contributed by atoms with Gasteiger partial charge in [-0.15, -0.1) is 11.3 Å². The van der Waals surface area contributed by atoms with Crippen LogP contribution >= 0.6 is 11.3 Å². The Kier molecular flexibility index (Phi) is 3.89. The van der Waals surface area contributed by atoms with Gasteiger partial charge in [0.25, 0.3) is 5.91 Å². The smallest absolute Gasteiger partial charge is 0.273 e. The van der Waals surface area contributed by atoms with Crippen molar-refractivity contribution >= 4 is 17.2 Å². The second-order valence-electron chi connectivity index (χ2n) is 6.00. The Morgan fingerprint density at radius 3 is 3.08 bits per heavy atom. The van der Waals surface area contributed by atoms with Crippen LogP contribution in [0.4, 0.5) is 0 Å². The zero-order chi connectivity index (χ0) is 16.5. The summed E-state index contributed by atoms with van der Waals surface area (Å²) >= 11 is 1.48. The molecule has 0 N–H and O–H groups in total. The molecule has 0 radical (unpaired) electrons. The molecular formula is C16H18N6OS. The lowest BCUT2D eigenvalue weighted by atomic mass is 10.1. The van der Waals surface area contributed by atoms with Crippen LogP contribution in [0.3, 0.4) is 0 Å². The molecule has 0 bridgehead atoms. The molecule has 124 valence electrons. The fourth-order valence-electron chi connectivity index (χ4n) is 3.07. The van der Waals surface area contributed by atoms with E-state index in [1.165, 1.54) is 11.3 Å². The number of piperidine rings is 1. The third-order valence-corrected chi connectivity index (χ3v) is 5.20. The van der Waals surface area contributed by atoms with Crippen molar-refractivity contribution in [1.29, 1.82) is 0 Å². The molecular weight excluding hydrogens is 324 g/mol. The number of hydrogen-bond acceptors (Lipinski definition) is 5. The van der Waals surface area contributed by atoms with Crippen LogP contribution in [0.2, 0.25) is 0 Å². The predicted octanol–water partition coefficient (Wildman–Crippen LogP) is 2.22. The maximum Gasteiger partial charge on any atom is 0.273 e. The normalized spacial score (nSPS) is 18.0. The van der Waals surface area contributed by atoms with Crippen LogP contribution in [0.25, 0.3) is 10.6 Å². The maximum absolute atomic E-state index is 12.8. The first kappa shape index (κ1) is 15.1. The Hall–Kier alpha value is -2.48. The number of hydrogen-bond donors (Lipinski definition) is 0. The second kappa shape index (κ2) is 6.20. The summed E-state index contributed by atoms with van der Waals surface area (Å²) in [5.41, 5.74) is 1.46. The highest BCUT2D eigenvalue weighted by Gasteiger charge is 2.26. The second-order valence-corrected chi connectivity index (χ2v) is 6.86. The molecule has 1 aliphatic rings. The van der Waals surface area contributed by atoms with E-state index in [2.05, 4.69) is 19.6 Å². The van der Waals surface area contributed by atoms with Crippen molar-refractivity contribution in [2.24, 2.45) is 7.05 Å². The third kappa shape index (κ3) is 2.84. The van der Waals surface area contributed by atoms with E-state index in [1.54, 1.807) is 17.1 Å². The summed E-state index contributed by atoms with van der Waals surface area (Å²) in [6.07, 6.45) is 11.3. The molecule has 1 atom stereocenters. The number of imidazole rings is 1. The molecule has 4 heterocycles. The quantitative estimate of drug-likeness (QED) is 0.732. The lowest BCUT2D eigenvalue weighted by Gasteiger charge is -2.32. The van der Waals surface area contributed by atoms with Crippen molar-refractivity contribution in [1.82, 2.24) is 29.2 Å². The molecule has 1 aliphatic heterocycles. The van der Waals surface area contributed by atoms with Crippen LogP contribution in [-0.2, 0) is 7.05 Å². The Labute approximate surface area is 143 Å². The van der Waals surface area contributed by atoms with Crippen LogP contribution < -0.4 is 0 Å². The van der Waals surface area contributed by atoms with Gasteiger partial charge in [0.2, 0.25) is 0 Å². The number of thiazole rings is 1. The number of likely N-dealkylation sites (tertiary alicyclic amines) is 1. The fourth-order valence-corrected chi connectivity index (χ4v) is 3.84. The molecule has 8 heteroatoms. The van der Waals surface area contributed by atoms with E-state index in [4.69, 9.17) is 0 Å². The monoisotopic (exact) mass is 342 g/mol. The number of rotatable bonds is 3. The molecule has 0 spiro atoms. The maximum atomic E-state index is 12.8. The first-order chi connectivity index (χ1) is 11.7. The topological polar surface area (TPSA) is 68.8 Å². The van der Waals surface area contributed by atoms with E-state index >= 15 is 0 Å². The van der Waals surface area contributed by atoms with E-state index < -0.39 is 0 Å². The Balaban J connectivity index is 1.50. The third-order valence-electron chi connectivity index (χ3n) is 4.31. The molecule has 3 aromatic heterocycles. The summed E-state index contributed by atoms with van der Waals surface area (Å²) in [5, 5.41) is 6.82. The van der Waals surface area contributed by atoms with Crippen LogP contribution in [0.5, 0.6) is 0 Å². The molecule has 1 saturated heterocycles. The zero-order valence-electron chi connectivity index (χ0n) is 13.4. The minimum atomic E-state index is 0.00575. The van der Waals surface area contributed by atoms with Crippen molar-refractivity contribution in [2.75, 3.05) is 13.1 Å². The molecule has 0 unspecified atom stereocenters. The molecule has 3 aromatic rings. The first-order valence-electron chi connectivity index (χ1n) is 7.92. The number of nitrogens with zero attached hydrogens (tertiary/aromatic N) is 6. The highest BCUT2D eigenvalue weighted by atomic mass is 32.1. The van der Waals surface area contributed by atoms with Gasteiger partial charge >= 0.3 is 0 Å². The van der Waals surface area contributed by atoms with Gasteiger partial charge in [0.15, 0.2) is 0 Å². The fraction of sp³-hybridized carbons (Fsp3) is 0.375. The molecule has 4 rings (SSSR count). The summed E-state index contributed by atoms with van der Waals surface area (Å²) in [6, 6.07) is 0.293. The highest BCUT2D eigenvalue weighted by Crippen LogP contribution is 2.26. The Morgan fingerprint density at radius 2 is 2.33 bits per heavy atom. The van der Waals surface area contributed by atoms with Gasteiger partial charge in [0.05, 0.1) is 18.6 Å². The van der Waals surface area contributed by atoms with Crippen molar-refractivity contribution in [3.63, 3.8) is 0 Å². The van der Waals surface area contributed by atoms with Gasteiger partial charge in [-0.3, -0.25) is 9.48 Å². The minimum absolute atomic E-state index is 0.00575. The molecule has 0 saturated carbocycles. The largest absolute Gasteiger partial charge is 0.335 e. The standard InChI is InChI=1S/C16H18N6OS/c1-20-8-12(7-18-20)15-19-14(10-24-15)16(23)21-5-2-3-13(9-21)22-6-4-17-11-22/h4,6-8,10-11,13H,2-3,5,9H2,1H3/t13-/m0/s1. The summed E-state index contributed by atoms with van der Waals surface area (Å²) in [4.78, 5) is 23.3. The number of carbonyl (C=O) groups excluding carboxylic acids is 1. The summed E-state index contributed by atoms with van der Waals surface area (Å²) in [6.45, 7) is 1.48. The van der Waals surface area contributed by atoms with E-state index in [0.717, 1.165) is 30.0 Å². The first-order valence-corrected chi connectivity index (χ1v) is 8.80. The van der Waals surface area contributed by atoms with E-state index in [9.17, 15) is 4.79 Å². The molecule has 1 fully saturated rings. The number of carbonyl (C=O) groups is 1. The van der Waals surface area contributed by atoms with Crippen molar-refractivity contribution < 1.29 is 4.79 Å². The Bertz CT molecular complexity index is 837. The van der Waals surface area contributed by atoms with Gasteiger partial charge in [0.1, 0.15) is 10.7 Å². The molecule has 7 nitrogen and oxygen atoms in total. The van der Waals surface area contributed by atoms with Gasteiger partial charge in [-0.05, 0) is 12.8 Å². The molecule has 1 amide bonds. The average Bonchev–Trinajstić information content (AvgIpc) is 3.35. The van der Waals surface area contributed by atoms with Gasteiger partial charge in [-0.25, -0.2) is 9.97 Å². The lowest BCUT2D eigenvalue weighted by molar-refractivity contribution is 0.0674. The highest BCUT2D eigenvalue weighted by molar-refractivity contribution is 7.13. The SMILES string of the molecule is Cn1cc(-c2nc(C(=O)N3CCC[C@H](n4ccnc4)C3)cs2)cn1. The van der Waals surface area contributed by atoms with E-state index in [0.29, 0.717) is 18.3 Å². The number of aromatic nitrogens is 5. The van der Waals surface area contributed by atoms with Crippen LogP contribution in [-0.4, -0.2) is 48.2 Å². The number of amides is 1. The molecule has 0 aliphatic carbocycles. The van der Waals surface area contributed by atoms with Crippen LogP contribution in [0.1, 0.15) is 29.4 Å². The van der Waals surface area contributed by atoms with Gasteiger partial charge < -0.3 is 9.47 Å².